The first-order valence-electron chi connectivity index (χ1n) is 8.30. The van der Waals surface area contributed by atoms with Crippen molar-refractivity contribution in [3.63, 3.8) is 0 Å². The summed E-state index contributed by atoms with van der Waals surface area (Å²) in [4.78, 5) is 14.8. The van der Waals surface area contributed by atoms with Crippen molar-refractivity contribution in [2.75, 3.05) is 0 Å². The number of nitrogens with zero attached hydrogens (tertiary/aromatic N) is 1. The van der Waals surface area contributed by atoms with Crippen molar-refractivity contribution in [2.24, 2.45) is 5.92 Å². The Labute approximate surface area is 137 Å². The molecule has 2 aliphatic rings. The maximum absolute atomic E-state index is 13.0. The highest BCUT2D eigenvalue weighted by Gasteiger charge is 2.54. The summed E-state index contributed by atoms with van der Waals surface area (Å²) in [5.41, 5.74) is 1.64. The fraction of sp³-hybridized carbons (Fsp3) is 0.526. The van der Waals surface area contributed by atoms with Crippen LogP contribution in [-0.4, -0.2) is 33.8 Å². The summed E-state index contributed by atoms with van der Waals surface area (Å²) in [7, 11) is 0. The molecule has 0 radical (unpaired) electrons. The first kappa shape index (κ1) is 16.2. The predicted molar refractivity (Wildman–Crippen MR) is 88.7 cm³/mol. The third-order valence-electron chi connectivity index (χ3n) is 5.12. The van der Waals surface area contributed by atoms with Crippen LogP contribution < -0.4 is 0 Å². The maximum atomic E-state index is 13.0. The Kier molecular flexibility index (Phi) is 4.07. The van der Waals surface area contributed by atoms with Gasteiger partial charge in [-0.25, -0.2) is 0 Å². The minimum Gasteiger partial charge on any atom is -0.383 e. The molecule has 1 aromatic rings. The molecule has 1 amide bonds. The lowest BCUT2D eigenvalue weighted by Crippen LogP contribution is -2.50. The van der Waals surface area contributed by atoms with Gasteiger partial charge in [0.25, 0.3) is 5.91 Å². The SMILES string of the molecule is C=C[C@@H](CC)[C@@H](O)C(=O)N1[C@H]2c3ccccc3C[C@H]2OC1(C)C. The number of amides is 1. The van der Waals surface area contributed by atoms with Crippen LogP contribution in [0.25, 0.3) is 0 Å². The molecule has 0 bridgehead atoms. The number of benzene rings is 1. The van der Waals surface area contributed by atoms with Crippen molar-refractivity contribution in [3.8, 4) is 0 Å². The quantitative estimate of drug-likeness (QED) is 0.869. The Morgan fingerprint density at radius 3 is 2.87 bits per heavy atom. The molecule has 23 heavy (non-hydrogen) atoms. The fourth-order valence-electron chi connectivity index (χ4n) is 3.96. The average molecular weight is 315 g/mol. The third kappa shape index (κ3) is 2.50. The Morgan fingerprint density at radius 1 is 1.52 bits per heavy atom. The maximum Gasteiger partial charge on any atom is 0.254 e. The predicted octanol–water partition coefficient (Wildman–Crippen LogP) is 2.82. The molecule has 0 saturated carbocycles. The van der Waals surface area contributed by atoms with Crippen molar-refractivity contribution < 1.29 is 14.6 Å². The van der Waals surface area contributed by atoms with E-state index in [0.717, 1.165) is 12.0 Å². The van der Waals surface area contributed by atoms with Gasteiger partial charge in [0.05, 0.1) is 12.1 Å². The van der Waals surface area contributed by atoms with E-state index < -0.39 is 11.8 Å². The number of ether oxygens (including phenoxy) is 1. The molecule has 1 aliphatic carbocycles. The van der Waals surface area contributed by atoms with Crippen molar-refractivity contribution in [1.82, 2.24) is 4.90 Å². The van der Waals surface area contributed by atoms with Gasteiger partial charge >= 0.3 is 0 Å². The van der Waals surface area contributed by atoms with E-state index in [9.17, 15) is 9.90 Å². The molecule has 1 aliphatic heterocycles. The van der Waals surface area contributed by atoms with Gasteiger partial charge in [-0.2, -0.15) is 0 Å². The monoisotopic (exact) mass is 315 g/mol. The van der Waals surface area contributed by atoms with Crippen LogP contribution in [0.1, 0.15) is 44.4 Å². The van der Waals surface area contributed by atoms with Crippen LogP contribution >= 0.6 is 0 Å². The number of carbonyl (C=O) groups excluding carboxylic acids is 1. The third-order valence-corrected chi connectivity index (χ3v) is 5.12. The zero-order chi connectivity index (χ0) is 16.8. The summed E-state index contributed by atoms with van der Waals surface area (Å²) in [6.45, 7) is 9.48. The normalized spacial score (nSPS) is 27.2. The van der Waals surface area contributed by atoms with Crippen molar-refractivity contribution >= 4 is 5.91 Å². The molecule has 1 fully saturated rings. The van der Waals surface area contributed by atoms with Gasteiger partial charge in [-0.05, 0) is 31.4 Å². The summed E-state index contributed by atoms with van der Waals surface area (Å²) in [6, 6.07) is 8.02. The molecule has 4 atom stereocenters. The Hall–Kier alpha value is -1.65. The number of aliphatic hydroxyl groups is 1. The first-order chi connectivity index (χ1) is 10.9. The summed E-state index contributed by atoms with van der Waals surface area (Å²) < 4.78 is 6.15. The number of fused-ring (bicyclic) bond motifs is 3. The fourth-order valence-corrected chi connectivity index (χ4v) is 3.96. The van der Waals surface area contributed by atoms with E-state index in [1.807, 2.05) is 32.9 Å². The molecule has 1 saturated heterocycles. The second-order valence-electron chi connectivity index (χ2n) is 6.91. The molecule has 3 rings (SSSR count). The number of aliphatic hydroxyl groups excluding tert-OH is 1. The smallest absolute Gasteiger partial charge is 0.254 e. The standard InChI is InChI=1S/C19H25NO3/c1-5-12(6-2)17(21)18(22)20-16-14-10-8-7-9-13(14)11-15(16)23-19(20,3)4/h5,7-10,12,15-17,21H,1,6,11H2,2-4H3/t12-,15+,16-,17+/m0/s1. The van der Waals surface area contributed by atoms with E-state index in [2.05, 4.69) is 18.7 Å². The molecular weight excluding hydrogens is 290 g/mol. The number of rotatable bonds is 4. The molecule has 1 heterocycles. The molecule has 4 heteroatoms. The van der Waals surface area contributed by atoms with Gasteiger partial charge in [0.15, 0.2) is 0 Å². The van der Waals surface area contributed by atoms with E-state index in [-0.39, 0.29) is 24.0 Å². The van der Waals surface area contributed by atoms with Gasteiger partial charge < -0.3 is 14.7 Å². The molecule has 1 N–H and O–H groups in total. The minimum absolute atomic E-state index is 0.0395. The molecule has 4 nitrogen and oxygen atoms in total. The van der Waals surface area contributed by atoms with Crippen molar-refractivity contribution in [1.29, 1.82) is 0 Å². The van der Waals surface area contributed by atoms with E-state index in [1.54, 1.807) is 11.0 Å². The summed E-state index contributed by atoms with van der Waals surface area (Å²) in [6.07, 6.45) is 2.03. The molecule has 0 spiro atoms. The number of hydrogen-bond donors (Lipinski definition) is 1. The van der Waals surface area contributed by atoms with Crippen LogP contribution in [0.15, 0.2) is 36.9 Å². The van der Waals surface area contributed by atoms with Crippen LogP contribution in [-0.2, 0) is 16.0 Å². The van der Waals surface area contributed by atoms with E-state index in [4.69, 9.17) is 4.74 Å². The molecule has 124 valence electrons. The van der Waals surface area contributed by atoms with Gasteiger partial charge in [-0.3, -0.25) is 4.79 Å². The summed E-state index contributed by atoms with van der Waals surface area (Å²) >= 11 is 0. The lowest BCUT2D eigenvalue weighted by Gasteiger charge is -2.36. The zero-order valence-corrected chi connectivity index (χ0v) is 14.0. The molecule has 1 aromatic carbocycles. The van der Waals surface area contributed by atoms with Crippen LogP contribution in [0.3, 0.4) is 0 Å². The van der Waals surface area contributed by atoms with Gasteiger partial charge in [0, 0.05) is 12.3 Å². The average Bonchev–Trinajstić information content (AvgIpc) is 2.98. The van der Waals surface area contributed by atoms with Crippen molar-refractivity contribution in [3.05, 3.63) is 48.0 Å². The second-order valence-corrected chi connectivity index (χ2v) is 6.91. The first-order valence-corrected chi connectivity index (χ1v) is 8.30. The molecule has 0 aromatic heterocycles. The Morgan fingerprint density at radius 2 is 2.22 bits per heavy atom. The lowest BCUT2D eigenvalue weighted by atomic mass is 9.96. The minimum atomic E-state index is -1.08. The van der Waals surface area contributed by atoms with Crippen molar-refractivity contribution in [2.45, 2.75) is 57.6 Å². The number of hydrogen-bond acceptors (Lipinski definition) is 3. The second kappa shape index (κ2) is 5.77. The highest BCUT2D eigenvalue weighted by Crippen LogP contribution is 2.48. The van der Waals surface area contributed by atoms with Gasteiger partial charge in [-0.1, -0.05) is 37.3 Å². The van der Waals surface area contributed by atoms with Gasteiger partial charge in [0.2, 0.25) is 0 Å². The van der Waals surface area contributed by atoms with Crippen LogP contribution in [0, 0.1) is 5.92 Å². The van der Waals surface area contributed by atoms with Gasteiger partial charge in [-0.15, -0.1) is 6.58 Å². The highest BCUT2D eigenvalue weighted by molar-refractivity contribution is 5.83. The molecular formula is C19H25NO3. The molecule has 0 unspecified atom stereocenters. The van der Waals surface area contributed by atoms with Gasteiger partial charge in [0.1, 0.15) is 11.8 Å². The zero-order valence-electron chi connectivity index (χ0n) is 14.0. The van der Waals surface area contributed by atoms with E-state index in [0.29, 0.717) is 6.42 Å². The Bertz CT molecular complexity index is 625. The number of carbonyl (C=O) groups is 1. The van der Waals surface area contributed by atoms with E-state index >= 15 is 0 Å². The summed E-state index contributed by atoms with van der Waals surface area (Å²) in [5, 5.41) is 10.5. The Balaban J connectivity index is 1.96. The largest absolute Gasteiger partial charge is 0.383 e. The van der Waals surface area contributed by atoms with Crippen LogP contribution in [0.5, 0.6) is 0 Å². The highest BCUT2D eigenvalue weighted by atomic mass is 16.5. The van der Waals surface area contributed by atoms with Crippen LogP contribution in [0.2, 0.25) is 0 Å². The lowest BCUT2D eigenvalue weighted by molar-refractivity contribution is -0.158. The van der Waals surface area contributed by atoms with E-state index in [1.165, 1.54) is 5.56 Å². The topological polar surface area (TPSA) is 49.8 Å². The summed E-state index contributed by atoms with van der Waals surface area (Å²) in [5.74, 6) is -0.514. The van der Waals surface area contributed by atoms with Crippen LogP contribution in [0.4, 0.5) is 0 Å².